The van der Waals surface area contributed by atoms with Crippen LogP contribution in [-0.2, 0) is 23.7 Å². The van der Waals surface area contributed by atoms with Crippen LogP contribution in [0.3, 0.4) is 0 Å². The maximum absolute atomic E-state index is 12.6. The van der Waals surface area contributed by atoms with E-state index in [1.165, 1.54) is 18.2 Å². The number of hydrogen-bond acceptors (Lipinski definition) is 11. The van der Waals surface area contributed by atoms with E-state index >= 15 is 0 Å². The van der Waals surface area contributed by atoms with E-state index in [0.29, 0.717) is 5.56 Å². The zero-order chi connectivity index (χ0) is 32.4. The SMILES string of the molecule is CC(C)C(C)OC(=O)Oc1ccc(C(C(C)COC(=O)OCC(C)(C)C)[C@H](N)C(=O)O)cc1OC(=O)OC(C)C(C)C. The van der Waals surface area contributed by atoms with Crippen LogP contribution in [0, 0.1) is 23.2 Å². The molecule has 3 N–H and O–H groups in total. The first-order valence-electron chi connectivity index (χ1n) is 14.0. The van der Waals surface area contributed by atoms with E-state index in [1.807, 2.05) is 48.5 Å². The van der Waals surface area contributed by atoms with Gasteiger partial charge in [-0.1, -0.05) is 61.5 Å². The summed E-state index contributed by atoms with van der Waals surface area (Å²) in [5, 5.41) is 9.73. The molecular formula is C30H47NO11. The van der Waals surface area contributed by atoms with Crippen molar-refractivity contribution in [1.82, 2.24) is 0 Å². The molecule has 1 aromatic carbocycles. The van der Waals surface area contributed by atoms with Gasteiger partial charge in [-0.15, -0.1) is 0 Å². The van der Waals surface area contributed by atoms with E-state index in [4.69, 9.17) is 34.2 Å². The van der Waals surface area contributed by atoms with E-state index in [1.54, 1.807) is 20.8 Å². The molecule has 4 unspecified atom stereocenters. The highest BCUT2D eigenvalue weighted by atomic mass is 16.8. The summed E-state index contributed by atoms with van der Waals surface area (Å²) < 4.78 is 31.6. The van der Waals surface area contributed by atoms with Crippen molar-refractivity contribution >= 4 is 24.4 Å². The molecule has 0 fully saturated rings. The molecule has 0 spiro atoms. The lowest BCUT2D eigenvalue weighted by Crippen LogP contribution is -2.40. The van der Waals surface area contributed by atoms with Crippen molar-refractivity contribution < 1.29 is 52.7 Å². The molecule has 1 aromatic rings. The summed E-state index contributed by atoms with van der Waals surface area (Å²) in [5.41, 5.74) is 6.11. The first kappa shape index (κ1) is 36.5. The number of carbonyl (C=O) groups is 4. The lowest BCUT2D eigenvalue weighted by atomic mass is 9.82. The van der Waals surface area contributed by atoms with Crippen molar-refractivity contribution in [3.63, 3.8) is 0 Å². The second-order valence-electron chi connectivity index (χ2n) is 12.3. The zero-order valence-electron chi connectivity index (χ0n) is 26.3. The summed E-state index contributed by atoms with van der Waals surface area (Å²) in [6, 6.07) is 2.71. The van der Waals surface area contributed by atoms with Gasteiger partial charge in [-0.2, -0.15) is 0 Å². The first-order valence-corrected chi connectivity index (χ1v) is 14.0. The third kappa shape index (κ3) is 12.5. The van der Waals surface area contributed by atoms with Gasteiger partial charge in [-0.05, 0) is 54.7 Å². The van der Waals surface area contributed by atoms with Crippen LogP contribution in [0.15, 0.2) is 18.2 Å². The first-order chi connectivity index (χ1) is 19.3. The Kier molecular flexibility index (Phi) is 14.1. The molecule has 0 radical (unpaired) electrons. The number of carboxylic acid groups (broad SMARTS) is 1. The number of aliphatic carboxylic acids is 1. The van der Waals surface area contributed by atoms with Gasteiger partial charge in [0.2, 0.25) is 0 Å². The third-order valence-corrected chi connectivity index (χ3v) is 6.55. The van der Waals surface area contributed by atoms with Gasteiger partial charge in [0.15, 0.2) is 11.5 Å². The van der Waals surface area contributed by atoms with Gasteiger partial charge in [0.1, 0.15) is 18.2 Å². The third-order valence-electron chi connectivity index (χ3n) is 6.55. The van der Waals surface area contributed by atoms with Gasteiger partial charge >= 0.3 is 24.4 Å². The predicted octanol–water partition coefficient (Wildman–Crippen LogP) is 6.14. The summed E-state index contributed by atoms with van der Waals surface area (Å²) >= 11 is 0. The van der Waals surface area contributed by atoms with Gasteiger partial charge in [-0.3, -0.25) is 4.79 Å². The van der Waals surface area contributed by atoms with Gasteiger partial charge in [0, 0.05) is 5.92 Å². The number of rotatable bonds is 13. The fraction of sp³-hybridized carbons (Fsp3) is 0.667. The number of carboxylic acids is 1. The van der Waals surface area contributed by atoms with E-state index in [9.17, 15) is 24.3 Å². The van der Waals surface area contributed by atoms with Crippen LogP contribution in [0.2, 0.25) is 0 Å². The molecule has 12 nitrogen and oxygen atoms in total. The fourth-order valence-corrected chi connectivity index (χ4v) is 3.36. The van der Waals surface area contributed by atoms with Crippen LogP contribution in [0.1, 0.15) is 80.7 Å². The van der Waals surface area contributed by atoms with E-state index in [-0.39, 0.29) is 42.0 Å². The minimum absolute atomic E-state index is 0.000914. The van der Waals surface area contributed by atoms with Crippen LogP contribution < -0.4 is 15.2 Å². The Morgan fingerprint density at radius 1 is 0.786 bits per heavy atom. The number of benzene rings is 1. The van der Waals surface area contributed by atoms with Crippen molar-refractivity contribution in [2.45, 2.75) is 93.4 Å². The molecule has 5 atom stereocenters. The van der Waals surface area contributed by atoms with Gasteiger partial charge < -0.3 is 39.3 Å². The molecule has 42 heavy (non-hydrogen) atoms. The zero-order valence-corrected chi connectivity index (χ0v) is 26.3. The molecule has 0 amide bonds. The second kappa shape index (κ2) is 16.2. The van der Waals surface area contributed by atoms with E-state index in [2.05, 4.69) is 0 Å². The largest absolute Gasteiger partial charge is 0.514 e. The van der Waals surface area contributed by atoms with Crippen LogP contribution in [0.25, 0.3) is 0 Å². The van der Waals surface area contributed by atoms with Gasteiger partial charge in [0.25, 0.3) is 0 Å². The molecule has 12 heteroatoms. The molecule has 0 aliphatic heterocycles. The topological polar surface area (TPSA) is 170 Å². The summed E-state index contributed by atoms with van der Waals surface area (Å²) in [6.07, 6.45) is -3.91. The minimum atomic E-state index is -1.43. The van der Waals surface area contributed by atoms with Crippen molar-refractivity contribution in [3.8, 4) is 11.5 Å². The minimum Gasteiger partial charge on any atom is -0.480 e. The average molecular weight is 598 g/mol. The second-order valence-corrected chi connectivity index (χ2v) is 12.3. The van der Waals surface area contributed by atoms with E-state index in [0.717, 1.165) is 0 Å². The molecule has 0 saturated carbocycles. The normalized spacial score (nSPS) is 15.2. The summed E-state index contributed by atoms with van der Waals surface area (Å²) in [5.74, 6) is -3.21. The smallest absolute Gasteiger partial charge is 0.480 e. The fourth-order valence-electron chi connectivity index (χ4n) is 3.36. The number of ether oxygens (including phenoxy) is 6. The number of carbonyl (C=O) groups excluding carboxylic acids is 3. The van der Waals surface area contributed by atoms with Crippen molar-refractivity contribution in [2.75, 3.05) is 13.2 Å². The van der Waals surface area contributed by atoms with E-state index < -0.39 is 54.5 Å². The molecule has 0 aliphatic rings. The summed E-state index contributed by atoms with van der Waals surface area (Å²) in [6.45, 7) is 18.1. The quantitative estimate of drug-likeness (QED) is 0.151. The molecule has 0 heterocycles. The Morgan fingerprint density at radius 3 is 1.74 bits per heavy atom. The Bertz CT molecular complexity index is 1060. The Labute approximate surface area is 248 Å². The van der Waals surface area contributed by atoms with Crippen LogP contribution in [-0.4, -0.2) is 61.0 Å². The highest BCUT2D eigenvalue weighted by molar-refractivity contribution is 5.75. The summed E-state index contributed by atoms with van der Waals surface area (Å²) in [7, 11) is 0. The molecule has 1 rings (SSSR count). The Morgan fingerprint density at radius 2 is 1.29 bits per heavy atom. The molecule has 0 aromatic heterocycles. The van der Waals surface area contributed by atoms with Crippen molar-refractivity contribution in [3.05, 3.63) is 23.8 Å². The molecule has 238 valence electrons. The van der Waals surface area contributed by atoms with Gasteiger partial charge in [-0.25, -0.2) is 14.4 Å². The summed E-state index contributed by atoms with van der Waals surface area (Å²) in [4.78, 5) is 49.1. The Hall–Kier alpha value is -3.54. The van der Waals surface area contributed by atoms with Crippen molar-refractivity contribution in [2.24, 2.45) is 28.9 Å². The number of nitrogens with two attached hydrogens (primary N) is 1. The van der Waals surface area contributed by atoms with Crippen LogP contribution in [0.5, 0.6) is 11.5 Å². The highest BCUT2D eigenvalue weighted by Crippen LogP contribution is 2.36. The van der Waals surface area contributed by atoms with Crippen LogP contribution >= 0.6 is 0 Å². The van der Waals surface area contributed by atoms with Gasteiger partial charge in [0.05, 0.1) is 13.2 Å². The molecule has 0 aliphatic carbocycles. The van der Waals surface area contributed by atoms with Crippen molar-refractivity contribution in [1.29, 1.82) is 0 Å². The van der Waals surface area contributed by atoms with Crippen LogP contribution in [0.4, 0.5) is 14.4 Å². The standard InChI is InChI=1S/C30H47NO11/c1-16(2)19(6)39-28(35)41-22-12-11-21(13-23(22)42-29(36)40-20(7)17(3)4)24(25(31)26(32)33)18(5)14-37-27(34)38-15-30(8,9)10/h11-13,16-20,24-25H,14-15,31H2,1-10H3,(H,32,33)/t18?,19?,20?,24?,25-/m0/s1. The maximum atomic E-state index is 12.6. The average Bonchev–Trinajstić information content (AvgIpc) is 2.86. The number of hydrogen-bond donors (Lipinski definition) is 2. The lowest BCUT2D eigenvalue weighted by Gasteiger charge is -2.28. The molecular weight excluding hydrogens is 550 g/mol. The molecule has 0 saturated heterocycles. The molecule has 0 bridgehead atoms. The predicted molar refractivity (Wildman–Crippen MR) is 154 cm³/mol. The lowest BCUT2D eigenvalue weighted by molar-refractivity contribution is -0.139. The highest BCUT2D eigenvalue weighted by Gasteiger charge is 2.33. The Balaban J connectivity index is 3.35. The maximum Gasteiger partial charge on any atom is 0.514 e. The monoisotopic (exact) mass is 597 g/mol.